The summed E-state index contributed by atoms with van der Waals surface area (Å²) >= 11 is 1.62. The summed E-state index contributed by atoms with van der Waals surface area (Å²) < 4.78 is 0. The van der Waals surface area contributed by atoms with Crippen LogP contribution >= 0.6 is 11.8 Å². The molecule has 1 N–H and O–H groups in total. The largest absolute Gasteiger partial charge is 0.433 e. The quantitative estimate of drug-likeness (QED) is 0.397. The van der Waals surface area contributed by atoms with E-state index >= 15 is 0 Å². The molecular weight excluding hydrogens is 164 g/mol. The average molecular weight is 176 g/mol. The Kier molecular flexibility index (Phi) is 5.64. The second kappa shape index (κ2) is 6.03. The van der Waals surface area contributed by atoms with E-state index in [-0.39, 0.29) is 5.25 Å². The van der Waals surface area contributed by atoms with E-state index in [1.807, 2.05) is 13.2 Å². The lowest BCUT2D eigenvalue weighted by Crippen LogP contribution is -2.17. The summed E-state index contributed by atoms with van der Waals surface area (Å²) in [6.45, 7) is 1.96. The number of carbonyl (C=O) groups is 1. The fourth-order valence-electron chi connectivity index (χ4n) is 0.271. The van der Waals surface area contributed by atoms with Crippen LogP contribution in [0.5, 0.6) is 0 Å². The van der Waals surface area contributed by atoms with Crippen molar-refractivity contribution in [3.05, 3.63) is 0 Å². The average Bonchev–Trinajstić information content (AvgIpc) is 2.04. The molecule has 1 amide bonds. The summed E-state index contributed by atoms with van der Waals surface area (Å²) in [4.78, 5) is 14.8. The fraction of sp³-hybridized carbons (Fsp3) is 0.667. The lowest BCUT2D eigenvalue weighted by molar-refractivity contribution is 0.153. The maximum atomic E-state index is 10.4. The first-order valence-corrected chi connectivity index (χ1v) is 4.44. The van der Waals surface area contributed by atoms with E-state index in [0.717, 1.165) is 0 Å². The molecule has 0 radical (unpaired) electrons. The molecule has 0 aromatic heterocycles. The van der Waals surface area contributed by atoms with Crippen LogP contribution in [0.2, 0.25) is 0 Å². The molecule has 0 aliphatic heterocycles. The molecule has 0 aliphatic carbocycles. The van der Waals surface area contributed by atoms with Gasteiger partial charge in [0.25, 0.3) is 0 Å². The Balaban J connectivity index is 3.51. The number of hydrogen-bond acceptors (Lipinski definition) is 4. The Bertz CT molecular complexity index is 150. The predicted octanol–water partition coefficient (Wildman–Crippen LogP) is 1.08. The van der Waals surface area contributed by atoms with Crippen LogP contribution in [0, 0.1) is 0 Å². The minimum atomic E-state index is -0.547. The maximum Gasteiger partial charge on any atom is 0.433 e. The molecule has 5 heteroatoms. The minimum Gasteiger partial charge on any atom is -0.323 e. The molecule has 0 heterocycles. The van der Waals surface area contributed by atoms with Crippen molar-refractivity contribution in [1.29, 1.82) is 0 Å². The number of nitrogens with zero attached hydrogens (tertiary/aromatic N) is 1. The highest BCUT2D eigenvalue weighted by Gasteiger charge is 1.95. The third-order valence-corrected chi connectivity index (χ3v) is 1.85. The van der Waals surface area contributed by atoms with E-state index in [1.54, 1.807) is 18.0 Å². The van der Waals surface area contributed by atoms with Gasteiger partial charge >= 0.3 is 6.09 Å². The highest BCUT2D eigenvalue weighted by Crippen LogP contribution is 2.00. The van der Waals surface area contributed by atoms with E-state index in [0.29, 0.717) is 0 Å². The van der Waals surface area contributed by atoms with Crippen LogP contribution in [0.25, 0.3) is 0 Å². The SMILES string of the molecule is CNC(=O)ON=CC(C)SC. The molecule has 64 valence electrons. The Morgan fingerprint density at radius 3 is 2.91 bits per heavy atom. The summed E-state index contributed by atoms with van der Waals surface area (Å²) in [5.41, 5.74) is 0. The monoisotopic (exact) mass is 176 g/mol. The summed E-state index contributed by atoms with van der Waals surface area (Å²) in [6.07, 6.45) is 2.98. The van der Waals surface area contributed by atoms with Gasteiger partial charge in [-0.2, -0.15) is 11.8 Å². The number of thioether (sulfide) groups is 1. The molecule has 0 spiro atoms. The molecule has 0 saturated heterocycles. The first-order valence-electron chi connectivity index (χ1n) is 3.15. The number of amides is 1. The lowest BCUT2D eigenvalue weighted by Gasteiger charge is -1.97. The van der Waals surface area contributed by atoms with Gasteiger partial charge in [0.2, 0.25) is 0 Å². The minimum absolute atomic E-state index is 0.264. The Hall–Kier alpha value is -0.710. The third kappa shape index (κ3) is 5.72. The zero-order chi connectivity index (χ0) is 8.69. The molecular formula is C6H12N2O2S. The Labute approximate surface area is 70.4 Å². The van der Waals surface area contributed by atoms with Crippen LogP contribution in [0.4, 0.5) is 4.79 Å². The van der Waals surface area contributed by atoms with Gasteiger partial charge in [0.1, 0.15) is 0 Å². The Morgan fingerprint density at radius 2 is 2.45 bits per heavy atom. The standard InChI is InChI=1S/C6H12N2O2S/c1-5(11-3)4-8-10-6(9)7-2/h4-5H,1-3H3,(H,7,9). The topological polar surface area (TPSA) is 50.7 Å². The van der Waals surface area contributed by atoms with Crippen LogP contribution < -0.4 is 5.32 Å². The van der Waals surface area contributed by atoms with E-state index in [1.165, 1.54) is 7.05 Å². The van der Waals surface area contributed by atoms with Gasteiger partial charge in [-0.1, -0.05) is 5.16 Å². The van der Waals surface area contributed by atoms with E-state index in [4.69, 9.17) is 0 Å². The zero-order valence-corrected chi connectivity index (χ0v) is 7.64. The highest BCUT2D eigenvalue weighted by atomic mass is 32.2. The van der Waals surface area contributed by atoms with Gasteiger partial charge in [-0.3, -0.25) is 4.84 Å². The van der Waals surface area contributed by atoms with E-state index in [2.05, 4.69) is 15.3 Å². The normalized spacial score (nSPS) is 13.0. The molecule has 0 fully saturated rings. The maximum absolute atomic E-state index is 10.4. The summed E-state index contributed by atoms with van der Waals surface area (Å²) in [7, 11) is 1.48. The molecule has 1 atom stereocenters. The van der Waals surface area contributed by atoms with Crippen LogP contribution in [0.15, 0.2) is 5.16 Å². The number of hydrogen-bond donors (Lipinski definition) is 1. The van der Waals surface area contributed by atoms with Crippen molar-refractivity contribution in [3.63, 3.8) is 0 Å². The van der Waals surface area contributed by atoms with Gasteiger partial charge in [0.05, 0.1) is 6.21 Å². The first kappa shape index (κ1) is 10.3. The predicted molar refractivity (Wildman–Crippen MR) is 47.0 cm³/mol. The second-order valence-corrected chi connectivity index (χ2v) is 3.04. The summed E-state index contributed by atoms with van der Waals surface area (Å²) in [6, 6.07) is 0. The molecule has 0 aliphatic rings. The number of rotatable bonds is 3. The third-order valence-electron chi connectivity index (χ3n) is 0.982. The molecule has 0 aromatic carbocycles. The first-order chi connectivity index (χ1) is 5.20. The van der Waals surface area contributed by atoms with Crippen molar-refractivity contribution in [3.8, 4) is 0 Å². The highest BCUT2D eigenvalue weighted by molar-refractivity contribution is 7.99. The number of nitrogens with one attached hydrogen (secondary N) is 1. The summed E-state index contributed by atoms with van der Waals surface area (Å²) in [5.74, 6) is 0. The van der Waals surface area contributed by atoms with Crippen molar-refractivity contribution >= 4 is 24.1 Å². The van der Waals surface area contributed by atoms with E-state index in [9.17, 15) is 4.79 Å². The van der Waals surface area contributed by atoms with Crippen molar-refractivity contribution in [1.82, 2.24) is 5.32 Å². The smallest absolute Gasteiger partial charge is 0.323 e. The molecule has 1 unspecified atom stereocenters. The molecule has 0 saturated carbocycles. The number of carbonyl (C=O) groups excluding carboxylic acids is 1. The van der Waals surface area contributed by atoms with Gasteiger partial charge in [-0.15, -0.1) is 0 Å². The Morgan fingerprint density at radius 1 is 1.82 bits per heavy atom. The van der Waals surface area contributed by atoms with Crippen LogP contribution in [0.1, 0.15) is 6.92 Å². The molecule has 0 rings (SSSR count). The van der Waals surface area contributed by atoms with Gasteiger partial charge in [0, 0.05) is 12.3 Å². The van der Waals surface area contributed by atoms with Gasteiger partial charge in [-0.05, 0) is 13.2 Å². The number of oxime groups is 1. The molecule has 11 heavy (non-hydrogen) atoms. The summed E-state index contributed by atoms with van der Waals surface area (Å²) in [5, 5.41) is 5.99. The second-order valence-electron chi connectivity index (χ2n) is 1.82. The van der Waals surface area contributed by atoms with Crippen molar-refractivity contribution in [2.24, 2.45) is 5.16 Å². The lowest BCUT2D eigenvalue weighted by atomic mass is 10.5. The van der Waals surface area contributed by atoms with Crippen molar-refractivity contribution in [2.75, 3.05) is 13.3 Å². The van der Waals surface area contributed by atoms with Gasteiger partial charge in [-0.25, -0.2) is 4.79 Å². The zero-order valence-electron chi connectivity index (χ0n) is 6.83. The molecule has 0 bridgehead atoms. The van der Waals surface area contributed by atoms with Crippen molar-refractivity contribution in [2.45, 2.75) is 12.2 Å². The van der Waals surface area contributed by atoms with Gasteiger partial charge in [0.15, 0.2) is 0 Å². The van der Waals surface area contributed by atoms with Crippen molar-refractivity contribution < 1.29 is 9.63 Å². The van der Waals surface area contributed by atoms with Crippen LogP contribution in [0.3, 0.4) is 0 Å². The van der Waals surface area contributed by atoms with Crippen LogP contribution in [-0.2, 0) is 4.84 Å². The van der Waals surface area contributed by atoms with E-state index < -0.39 is 6.09 Å². The fourth-order valence-corrected chi connectivity index (χ4v) is 0.442. The molecule has 4 nitrogen and oxygen atoms in total. The molecule has 0 aromatic rings. The van der Waals surface area contributed by atoms with Gasteiger partial charge < -0.3 is 5.32 Å². The van der Waals surface area contributed by atoms with Crippen LogP contribution in [-0.4, -0.2) is 30.9 Å².